The summed E-state index contributed by atoms with van der Waals surface area (Å²) in [5.41, 5.74) is 0.668. The SMILES string of the molecule is CC1(c2nc3ccccc3n2CC(F)(F)F)CCCN1. The minimum atomic E-state index is -4.26. The molecule has 1 unspecified atom stereocenters. The quantitative estimate of drug-likeness (QED) is 0.917. The fourth-order valence-electron chi connectivity index (χ4n) is 2.92. The third kappa shape index (κ3) is 2.28. The van der Waals surface area contributed by atoms with Crippen LogP contribution in [0.1, 0.15) is 25.6 Å². The van der Waals surface area contributed by atoms with E-state index in [2.05, 4.69) is 10.3 Å². The highest BCUT2D eigenvalue weighted by Crippen LogP contribution is 2.33. The molecule has 108 valence electrons. The lowest BCUT2D eigenvalue weighted by molar-refractivity contribution is -0.140. The molecule has 0 aliphatic carbocycles. The maximum Gasteiger partial charge on any atom is 0.406 e. The highest BCUT2D eigenvalue weighted by atomic mass is 19.4. The topological polar surface area (TPSA) is 29.9 Å². The molecular formula is C14H16F3N3. The Labute approximate surface area is 114 Å². The van der Waals surface area contributed by atoms with E-state index in [1.807, 2.05) is 6.92 Å². The van der Waals surface area contributed by atoms with Crippen LogP contribution in [0, 0.1) is 0 Å². The first kappa shape index (κ1) is 13.4. The molecule has 1 aliphatic heterocycles. The third-order valence-corrected chi connectivity index (χ3v) is 3.85. The largest absolute Gasteiger partial charge is 0.406 e. The van der Waals surface area contributed by atoms with Crippen LogP contribution in [0.25, 0.3) is 11.0 Å². The number of aromatic nitrogens is 2. The van der Waals surface area contributed by atoms with Gasteiger partial charge in [0.25, 0.3) is 0 Å². The minimum Gasteiger partial charge on any atom is -0.317 e. The second kappa shape index (κ2) is 4.48. The zero-order chi connectivity index (χ0) is 14.4. The molecule has 0 bridgehead atoms. The van der Waals surface area contributed by atoms with Crippen LogP contribution in [0.5, 0.6) is 0 Å². The van der Waals surface area contributed by atoms with E-state index in [-0.39, 0.29) is 0 Å². The molecule has 1 aromatic carbocycles. The molecule has 1 atom stereocenters. The Balaban J connectivity index is 2.17. The van der Waals surface area contributed by atoms with E-state index in [9.17, 15) is 13.2 Å². The van der Waals surface area contributed by atoms with E-state index < -0.39 is 18.3 Å². The maximum absolute atomic E-state index is 12.9. The molecule has 1 aliphatic rings. The number of para-hydroxylation sites is 2. The van der Waals surface area contributed by atoms with Crippen LogP contribution >= 0.6 is 0 Å². The number of benzene rings is 1. The van der Waals surface area contributed by atoms with Crippen molar-refractivity contribution >= 4 is 11.0 Å². The number of halogens is 3. The van der Waals surface area contributed by atoms with E-state index in [1.54, 1.807) is 24.3 Å². The highest BCUT2D eigenvalue weighted by molar-refractivity contribution is 5.76. The summed E-state index contributed by atoms with van der Waals surface area (Å²) >= 11 is 0. The summed E-state index contributed by atoms with van der Waals surface area (Å²) in [4.78, 5) is 4.45. The molecule has 0 amide bonds. The smallest absolute Gasteiger partial charge is 0.317 e. The first-order valence-electron chi connectivity index (χ1n) is 6.67. The summed E-state index contributed by atoms with van der Waals surface area (Å²) in [6.07, 6.45) is -2.51. The number of nitrogens with one attached hydrogen (secondary N) is 1. The highest BCUT2D eigenvalue weighted by Gasteiger charge is 2.38. The predicted molar refractivity (Wildman–Crippen MR) is 70.4 cm³/mol. The lowest BCUT2D eigenvalue weighted by Gasteiger charge is -2.25. The lowest BCUT2D eigenvalue weighted by Crippen LogP contribution is -2.37. The average Bonchev–Trinajstić information content (AvgIpc) is 2.94. The van der Waals surface area contributed by atoms with Crippen LogP contribution in [0.15, 0.2) is 24.3 Å². The van der Waals surface area contributed by atoms with Crippen molar-refractivity contribution in [1.82, 2.24) is 14.9 Å². The summed E-state index contributed by atoms with van der Waals surface area (Å²) in [6, 6.07) is 6.98. The zero-order valence-electron chi connectivity index (χ0n) is 11.2. The summed E-state index contributed by atoms with van der Waals surface area (Å²) in [6.45, 7) is 1.74. The second-order valence-corrected chi connectivity index (χ2v) is 5.49. The van der Waals surface area contributed by atoms with Gasteiger partial charge < -0.3 is 9.88 Å². The van der Waals surface area contributed by atoms with Crippen LogP contribution in [0.4, 0.5) is 13.2 Å². The lowest BCUT2D eigenvalue weighted by atomic mass is 9.99. The van der Waals surface area contributed by atoms with E-state index >= 15 is 0 Å². The predicted octanol–water partition coefficient (Wildman–Crippen LogP) is 3.20. The van der Waals surface area contributed by atoms with Gasteiger partial charge in [-0.1, -0.05) is 12.1 Å². The van der Waals surface area contributed by atoms with Gasteiger partial charge in [0.1, 0.15) is 12.4 Å². The van der Waals surface area contributed by atoms with Crippen molar-refractivity contribution in [2.75, 3.05) is 6.54 Å². The molecular weight excluding hydrogens is 267 g/mol. The number of imidazole rings is 1. The Morgan fingerprint density at radius 3 is 2.75 bits per heavy atom. The molecule has 0 radical (unpaired) electrons. The molecule has 1 saturated heterocycles. The number of fused-ring (bicyclic) bond motifs is 1. The summed E-state index contributed by atoms with van der Waals surface area (Å²) in [5, 5.41) is 3.29. The Kier molecular flexibility index (Phi) is 3.01. The zero-order valence-corrected chi connectivity index (χ0v) is 11.2. The molecule has 20 heavy (non-hydrogen) atoms. The molecule has 1 N–H and O–H groups in total. The Hall–Kier alpha value is -1.56. The average molecular weight is 283 g/mol. The fraction of sp³-hybridized carbons (Fsp3) is 0.500. The van der Waals surface area contributed by atoms with Gasteiger partial charge >= 0.3 is 6.18 Å². The van der Waals surface area contributed by atoms with Crippen LogP contribution in [0.3, 0.4) is 0 Å². The molecule has 1 fully saturated rings. The van der Waals surface area contributed by atoms with Crippen molar-refractivity contribution in [3.8, 4) is 0 Å². The van der Waals surface area contributed by atoms with Gasteiger partial charge in [0.2, 0.25) is 0 Å². The molecule has 6 heteroatoms. The van der Waals surface area contributed by atoms with Gasteiger partial charge in [-0.3, -0.25) is 0 Å². The Bertz CT molecular complexity index is 624. The summed E-state index contributed by atoms with van der Waals surface area (Å²) < 4.78 is 39.9. The fourth-order valence-corrected chi connectivity index (χ4v) is 2.92. The van der Waals surface area contributed by atoms with Crippen LogP contribution in [0.2, 0.25) is 0 Å². The van der Waals surface area contributed by atoms with Crippen molar-refractivity contribution in [1.29, 1.82) is 0 Å². The maximum atomic E-state index is 12.9. The molecule has 3 rings (SSSR count). The van der Waals surface area contributed by atoms with E-state index in [0.717, 1.165) is 19.4 Å². The Morgan fingerprint density at radius 1 is 1.35 bits per heavy atom. The van der Waals surface area contributed by atoms with Crippen LogP contribution in [-0.2, 0) is 12.1 Å². The van der Waals surface area contributed by atoms with E-state index in [4.69, 9.17) is 0 Å². The van der Waals surface area contributed by atoms with Gasteiger partial charge in [-0.15, -0.1) is 0 Å². The van der Waals surface area contributed by atoms with Gasteiger partial charge in [-0.05, 0) is 38.4 Å². The van der Waals surface area contributed by atoms with E-state index in [0.29, 0.717) is 16.9 Å². The molecule has 1 aromatic heterocycles. The van der Waals surface area contributed by atoms with Gasteiger partial charge in [-0.2, -0.15) is 13.2 Å². The molecule has 0 spiro atoms. The van der Waals surface area contributed by atoms with E-state index in [1.165, 1.54) is 4.57 Å². The first-order valence-corrected chi connectivity index (χ1v) is 6.67. The number of nitrogens with zero attached hydrogens (tertiary/aromatic N) is 2. The monoisotopic (exact) mass is 283 g/mol. The van der Waals surface area contributed by atoms with Gasteiger partial charge in [0, 0.05) is 0 Å². The van der Waals surface area contributed by atoms with Gasteiger partial charge in [0.15, 0.2) is 0 Å². The number of hydrogen-bond acceptors (Lipinski definition) is 2. The minimum absolute atomic E-state index is 0.480. The van der Waals surface area contributed by atoms with Crippen molar-refractivity contribution in [2.24, 2.45) is 0 Å². The molecule has 2 heterocycles. The molecule has 2 aromatic rings. The van der Waals surface area contributed by atoms with Crippen molar-refractivity contribution in [3.05, 3.63) is 30.1 Å². The number of rotatable bonds is 2. The summed E-state index contributed by atoms with van der Waals surface area (Å²) in [7, 11) is 0. The number of alkyl halides is 3. The van der Waals surface area contributed by atoms with Crippen LogP contribution < -0.4 is 5.32 Å². The molecule has 0 saturated carbocycles. The van der Waals surface area contributed by atoms with Crippen molar-refractivity contribution in [2.45, 2.75) is 38.0 Å². The second-order valence-electron chi connectivity index (χ2n) is 5.49. The Morgan fingerprint density at radius 2 is 2.10 bits per heavy atom. The standard InChI is InChI=1S/C14H16F3N3/c1-13(7-4-8-18-13)12-19-10-5-2-3-6-11(10)20(12)9-14(15,16)17/h2-3,5-6,18H,4,7-9H2,1H3. The van der Waals surface area contributed by atoms with Gasteiger partial charge in [0.05, 0.1) is 16.6 Å². The van der Waals surface area contributed by atoms with Crippen molar-refractivity contribution < 1.29 is 13.2 Å². The number of hydrogen-bond donors (Lipinski definition) is 1. The third-order valence-electron chi connectivity index (χ3n) is 3.85. The van der Waals surface area contributed by atoms with Crippen molar-refractivity contribution in [3.63, 3.8) is 0 Å². The normalized spacial score (nSPS) is 23.6. The first-order chi connectivity index (χ1) is 9.39. The van der Waals surface area contributed by atoms with Crippen LogP contribution in [-0.4, -0.2) is 22.3 Å². The summed E-state index contributed by atoms with van der Waals surface area (Å²) in [5.74, 6) is 0.480. The van der Waals surface area contributed by atoms with Gasteiger partial charge in [-0.25, -0.2) is 4.98 Å². The molecule has 3 nitrogen and oxygen atoms in total.